The van der Waals surface area contributed by atoms with Gasteiger partial charge in [-0.05, 0) is 42.5 Å². The van der Waals surface area contributed by atoms with Crippen molar-refractivity contribution in [1.29, 1.82) is 0 Å². The molecule has 20 heavy (non-hydrogen) atoms. The molecule has 102 valence electrons. The van der Waals surface area contributed by atoms with Gasteiger partial charge in [0.1, 0.15) is 4.88 Å². The Morgan fingerprint density at radius 2 is 2.15 bits per heavy atom. The molecule has 2 rings (SSSR count). The van der Waals surface area contributed by atoms with Crippen LogP contribution >= 0.6 is 11.3 Å². The number of rotatable bonds is 2. The van der Waals surface area contributed by atoms with Crippen molar-refractivity contribution >= 4 is 22.9 Å². The van der Waals surface area contributed by atoms with Gasteiger partial charge in [-0.25, -0.2) is 0 Å². The minimum atomic E-state index is -0.130. The predicted octanol–water partition coefficient (Wildman–Crippen LogP) is 2.93. The Balaban J connectivity index is 2.24. The van der Waals surface area contributed by atoms with E-state index in [0.717, 1.165) is 22.4 Å². The van der Waals surface area contributed by atoms with Crippen LogP contribution in [0.5, 0.6) is 0 Å². The van der Waals surface area contributed by atoms with Crippen LogP contribution in [0.25, 0.3) is 0 Å². The number of hydrogen-bond acceptors (Lipinski definition) is 3. The number of amides is 1. The van der Waals surface area contributed by atoms with Crippen LogP contribution < -0.4 is 11.1 Å². The molecule has 0 bridgehead atoms. The number of aryl methyl sites for hydroxylation is 2. The highest BCUT2D eigenvalue weighted by atomic mass is 32.1. The minimum absolute atomic E-state index is 0.130. The highest BCUT2D eigenvalue weighted by molar-refractivity contribution is 7.12. The number of hydrogen-bond donors (Lipinski definition) is 2. The van der Waals surface area contributed by atoms with Crippen LogP contribution in [0.3, 0.4) is 0 Å². The molecule has 0 aliphatic heterocycles. The Morgan fingerprint density at radius 3 is 2.90 bits per heavy atom. The first kappa shape index (κ1) is 14.3. The molecule has 3 nitrogen and oxygen atoms in total. The lowest BCUT2D eigenvalue weighted by Crippen LogP contribution is -2.12. The summed E-state index contributed by atoms with van der Waals surface area (Å²) in [4.78, 5) is 12.9. The van der Waals surface area contributed by atoms with E-state index in [2.05, 4.69) is 17.2 Å². The summed E-state index contributed by atoms with van der Waals surface area (Å²) in [5.41, 5.74) is 9.07. The highest BCUT2D eigenvalue weighted by Crippen LogP contribution is 2.21. The highest BCUT2D eigenvalue weighted by Gasteiger charge is 2.13. The average molecular weight is 284 g/mol. The monoisotopic (exact) mass is 284 g/mol. The molecule has 0 fully saturated rings. The van der Waals surface area contributed by atoms with Crippen molar-refractivity contribution in [3.63, 3.8) is 0 Å². The third kappa shape index (κ3) is 3.27. The van der Waals surface area contributed by atoms with Gasteiger partial charge in [0.2, 0.25) is 0 Å². The third-order valence-corrected chi connectivity index (χ3v) is 3.75. The summed E-state index contributed by atoms with van der Waals surface area (Å²) in [6.45, 7) is 4.25. The van der Waals surface area contributed by atoms with Crippen molar-refractivity contribution in [1.82, 2.24) is 0 Å². The van der Waals surface area contributed by atoms with Crippen molar-refractivity contribution in [2.45, 2.75) is 13.8 Å². The zero-order valence-corrected chi connectivity index (χ0v) is 12.3. The van der Waals surface area contributed by atoms with E-state index in [9.17, 15) is 4.79 Å². The molecule has 0 saturated heterocycles. The van der Waals surface area contributed by atoms with E-state index < -0.39 is 0 Å². The van der Waals surface area contributed by atoms with Crippen molar-refractivity contribution in [2.75, 3.05) is 11.9 Å². The van der Waals surface area contributed by atoms with E-state index in [0.29, 0.717) is 4.88 Å². The Morgan fingerprint density at radius 1 is 1.35 bits per heavy atom. The largest absolute Gasteiger partial charge is 0.321 e. The lowest BCUT2D eigenvalue weighted by molar-refractivity contribution is 0.103. The summed E-state index contributed by atoms with van der Waals surface area (Å²) in [5, 5.41) is 4.80. The van der Waals surface area contributed by atoms with Gasteiger partial charge in [0, 0.05) is 11.3 Å². The SMILES string of the molecule is Cc1ccc(C)c(NC(=O)c2sccc2C#CCN)c1. The van der Waals surface area contributed by atoms with E-state index in [4.69, 9.17) is 5.73 Å². The van der Waals surface area contributed by atoms with Gasteiger partial charge in [0.15, 0.2) is 0 Å². The van der Waals surface area contributed by atoms with E-state index in [1.165, 1.54) is 11.3 Å². The van der Waals surface area contributed by atoms with Gasteiger partial charge in [-0.2, -0.15) is 0 Å². The number of anilines is 1. The third-order valence-electron chi connectivity index (χ3n) is 2.84. The second-order valence-corrected chi connectivity index (χ2v) is 5.36. The number of nitrogens with one attached hydrogen (secondary N) is 1. The summed E-state index contributed by atoms with van der Waals surface area (Å²) in [6.07, 6.45) is 0. The molecule has 1 aromatic carbocycles. The van der Waals surface area contributed by atoms with E-state index in [1.54, 1.807) is 0 Å². The van der Waals surface area contributed by atoms with Crippen LogP contribution in [0.2, 0.25) is 0 Å². The molecule has 1 heterocycles. The maximum absolute atomic E-state index is 12.3. The second-order valence-electron chi connectivity index (χ2n) is 4.44. The lowest BCUT2D eigenvalue weighted by Gasteiger charge is -2.08. The quantitative estimate of drug-likeness (QED) is 0.833. The predicted molar refractivity (Wildman–Crippen MR) is 84.1 cm³/mol. The van der Waals surface area contributed by atoms with E-state index in [1.807, 2.05) is 43.5 Å². The number of carbonyl (C=O) groups is 1. The fourth-order valence-corrected chi connectivity index (χ4v) is 2.52. The topological polar surface area (TPSA) is 55.1 Å². The summed E-state index contributed by atoms with van der Waals surface area (Å²) in [6, 6.07) is 7.82. The first-order chi connectivity index (χ1) is 9.61. The molecular formula is C16H16N2OS. The van der Waals surface area contributed by atoms with Crippen LogP contribution in [0.4, 0.5) is 5.69 Å². The zero-order chi connectivity index (χ0) is 14.5. The van der Waals surface area contributed by atoms with Gasteiger partial charge >= 0.3 is 0 Å². The Labute approximate surface area is 122 Å². The standard InChI is InChI=1S/C16H16N2OS/c1-11-5-6-12(2)14(10-11)18-16(19)15-13(4-3-8-17)7-9-20-15/h5-7,9-10H,8,17H2,1-2H3,(H,18,19). The lowest BCUT2D eigenvalue weighted by atomic mass is 10.1. The summed E-state index contributed by atoms with van der Waals surface area (Å²) < 4.78 is 0. The summed E-state index contributed by atoms with van der Waals surface area (Å²) in [7, 11) is 0. The smallest absolute Gasteiger partial charge is 0.267 e. The maximum atomic E-state index is 12.3. The van der Waals surface area contributed by atoms with Gasteiger partial charge in [-0.15, -0.1) is 11.3 Å². The molecule has 1 aromatic heterocycles. The van der Waals surface area contributed by atoms with Gasteiger partial charge in [0.05, 0.1) is 6.54 Å². The average Bonchev–Trinajstić information content (AvgIpc) is 2.89. The summed E-state index contributed by atoms with van der Waals surface area (Å²) >= 11 is 1.38. The molecule has 0 radical (unpaired) electrons. The normalized spacial score (nSPS) is 9.75. The van der Waals surface area contributed by atoms with Gasteiger partial charge in [-0.1, -0.05) is 24.0 Å². The van der Waals surface area contributed by atoms with Crippen LogP contribution in [0, 0.1) is 25.7 Å². The Kier molecular flexibility index (Phi) is 4.57. The molecule has 0 spiro atoms. The first-order valence-corrected chi connectivity index (χ1v) is 7.15. The molecule has 0 atom stereocenters. The van der Waals surface area contributed by atoms with Crippen LogP contribution in [-0.4, -0.2) is 12.5 Å². The molecular weight excluding hydrogens is 268 g/mol. The molecule has 3 N–H and O–H groups in total. The van der Waals surface area contributed by atoms with Crippen molar-refractivity contribution in [3.05, 3.63) is 51.2 Å². The molecule has 2 aromatic rings. The Bertz CT molecular complexity index is 692. The van der Waals surface area contributed by atoms with Gasteiger partial charge in [-0.3, -0.25) is 4.79 Å². The molecule has 0 saturated carbocycles. The molecule has 0 aliphatic carbocycles. The molecule has 0 aliphatic rings. The van der Waals surface area contributed by atoms with Gasteiger partial charge < -0.3 is 11.1 Å². The molecule has 1 amide bonds. The van der Waals surface area contributed by atoms with Crippen LogP contribution in [-0.2, 0) is 0 Å². The van der Waals surface area contributed by atoms with Crippen LogP contribution in [0.1, 0.15) is 26.4 Å². The number of nitrogens with two attached hydrogens (primary N) is 1. The van der Waals surface area contributed by atoms with Crippen LogP contribution in [0.15, 0.2) is 29.6 Å². The van der Waals surface area contributed by atoms with Crippen molar-refractivity contribution in [2.24, 2.45) is 5.73 Å². The van der Waals surface area contributed by atoms with E-state index in [-0.39, 0.29) is 12.5 Å². The number of carbonyl (C=O) groups excluding carboxylic acids is 1. The zero-order valence-electron chi connectivity index (χ0n) is 11.5. The maximum Gasteiger partial charge on any atom is 0.267 e. The molecule has 4 heteroatoms. The van der Waals surface area contributed by atoms with Crippen molar-refractivity contribution in [3.8, 4) is 11.8 Å². The molecule has 0 unspecified atom stereocenters. The van der Waals surface area contributed by atoms with E-state index >= 15 is 0 Å². The fourth-order valence-electron chi connectivity index (χ4n) is 1.78. The second kappa shape index (κ2) is 6.38. The number of benzene rings is 1. The van der Waals surface area contributed by atoms with Crippen molar-refractivity contribution < 1.29 is 4.79 Å². The number of thiophene rings is 1. The Hall–Kier alpha value is -2.09. The first-order valence-electron chi connectivity index (χ1n) is 6.27. The van der Waals surface area contributed by atoms with Gasteiger partial charge in [0.25, 0.3) is 5.91 Å². The fraction of sp³-hybridized carbons (Fsp3) is 0.188. The minimum Gasteiger partial charge on any atom is -0.321 e. The summed E-state index contributed by atoms with van der Waals surface area (Å²) in [5.74, 6) is 5.57.